The molecule has 0 unspecified atom stereocenters. The molecule has 17 nitrogen and oxygen atoms in total. The summed E-state index contributed by atoms with van der Waals surface area (Å²) in [6.45, 7) is 3.43. The number of H-pyrrole nitrogens is 1. The van der Waals surface area contributed by atoms with Gasteiger partial charge in [-0.2, -0.15) is 0 Å². The van der Waals surface area contributed by atoms with Crippen LogP contribution in [0.15, 0.2) is 65.8 Å². The number of aromatic nitrogens is 1. The number of nitrogens with one attached hydrogen (secondary N) is 5. The molecule has 0 saturated carbocycles. The first-order chi connectivity index (χ1) is 25.2. The molecule has 0 spiro atoms. The van der Waals surface area contributed by atoms with Crippen LogP contribution in [0.1, 0.15) is 50.7 Å². The molecule has 0 radical (unpaired) electrons. The highest BCUT2D eigenvalue weighted by Crippen LogP contribution is 2.19. The van der Waals surface area contributed by atoms with Crippen molar-refractivity contribution < 1.29 is 39.0 Å². The molecular formula is C36H49N9O8. The number of carboxylic acids is 2. The first kappa shape index (κ1) is 41.5. The van der Waals surface area contributed by atoms with Gasteiger partial charge in [-0.05, 0) is 48.8 Å². The van der Waals surface area contributed by atoms with Crippen LogP contribution in [0, 0.1) is 5.92 Å². The highest BCUT2D eigenvalue weighted by Gasteiger charge is 2.33. The number of nitrogens with two attached hydrogens (primary N) is 3. The number of amides is 4. The summed E-state index contributed by atoms with van der Waals surface area (Å²) in [4.78, 5) is 84.6. The number of hydrogen-bond acceptors (Lipinski definition) is 8. The summed E-state index contributed by atoms with van der Waals surface area (Å²) in [7, 11) is 0. The van der Waals surface area contributed by atoms with Gasteiger partial charge in [0.25, 0.3) is 0 Å². The molecule has 5 atom stereocenters. The third-order valence-corrected chi connectivity index (χ3v) is 8.45. The van der Waals surface area contributed by atoms with Crippen molar-refractivity contribution in [1.29, 1.82) is 0 Å². The number of para-hydroxylation sites is 1. The zero-order valence-corrected chi connectivity index (χ0v) is 29.7. The van der Waals surface area contributed by atoms with Gasteiger partial charge in [-0.25, -0.2) is 4.79 Å². The number of benzene rings is 2. The Bertz CT molecular complexity index is 1760. The van der Waals surface area contributed by atoms with Crippen LogP contribution >= 0.6 is 0 Å². The minimum atomic E-state index is -1.45. The summed E-state index contributed by atoms with van der Waals surface area (Å²) in [5, 5.41) is 30.4. The number of aliphatic carboxylic acids is 2. The summed E-state index contributed by atoms with van der Waals surface area (Å²) in [6.07, 6.45) is 1.05. The second-order valence-electron chi connectivity index (χ2n) is 13.0. The molecule has 0 aliphatic rings. The van der Waals surface area contributed by atoms with E-state index >= 15 is 0 Å². The molecule has 53 heavy (non-hydrogen) atoms. The SMILES string of the molecule is CC(C)[C@H](NC(=O)[C@@H](N)Cc1ccccc1)C(=O)N[C@@H](CCC(=O)O)C(=O)N[C@@H](CCCN=C(N)N)C(=O)N[C@@H](Cc1c[nH]c2ccccc12)C(=O)O. The van der Waals surface area contributed by atoms with Crippen LogP contribution in [0.4, 0.5) is 0 Å². The predicted molar refractivity (Wildman–Crippen MR) is 197 cm³/mol. The number of carboxylic acid groups (broad SMARTS) is 2. The number of rotatable bonds is 21. The van der Waals surface area contributed by atoms with Gasteiger partial charge in [0.1, 0.15) is 24.2 Å². The van der Waals surface area contributed by atoms with Crippen molar-refractivity contribution in [3.05, 3.63) is 71.9 Å². The molecular weight excluding hydrogens is 686 g/mol. The molecule has 0 saturated heterocycles. The van der Waals surface area contributed by atoms with Gasteiger partial charge < -0.3 is 53.7 Å². The van der Waals surface area contributed by atoms with Gasteiger partial charge in [0.2, 0.25) is 23.6 Å². The zero-order valence-electron chi connectivity index (χ0n) is 29.7. The van der Waals surface area contributed by atoms with Crippen molar-refractivity contribution in [3.63, 3.8) is 0 Å². The molecule has 1 aromatic heterocycles. The number of carbonyl (C=O) groups is 6. The van der Waals surface area contributed by atoms with Gasteiger partial charge in [-0.3, -0.25) is 29.0 Å². The third-order valence-electron chi connectivity index (χ3n) is 8.45. The van der Waals surface area contributed by atoms with Gasteiger partial charge in [-0.15, -0.1) is 0 Å². The topological polar surface area (TPSA) is 297 Å². The van der Waals surface area contributed by atoms with E-state index in [4.69, 9.17) is 17.2 Å². The van der Waals surface area contributed by atoms with Crippen LogP contribution in [0.25, 0.3) is 10.9 Å². The van der Waals surface area contributed by atoms with Gasteiger partial charge >= 0.3 is 11.9 Å². The minimum Gasteiger partial charge on any atom is -0.481 e. The highest BCUT2D eigenvalue weighted by molar-refractivity contribution is 5.96. The zero-order chi connectivity index (χ0) is 39.1. The Morgan fingerprint density at radius 3 is 1.98 bits per heavy atom. The van der Waals surface area contributed by atoms with E-state index < -0.39 is 78.1 Å². The largest absolute Gasteiger partial charge is 0.481 e. The molecule has 2 aromatic carbocycles. The number of hydrogen-bond donors (Lipinski definition) is 10. The summed E-state index contributed by atoms with van der Waals surface area (Å²) in [5.41, 5.74) is 19.2. The molecule has 0 fully saturated rings. The van der Waals surface area contributed by atoms with Crippen LogP contribution in [-0.4, -0.2) is 93.5 Å². The average molecular weight is 736 g/mol. The Morgan fingerprint density at radius 2 is 1.36 bits per heavy atom. The lowest BCUT2D eigenvalue weighted by Crippen LogP contribution is -2.59. The standard InChI is InChI=1S/C36H49N9O8/c1-20(2)30(45-31(48)24(37)17-21-9-4-3-5-10-21)34(51)43-27(14-15-29(46)47)33(50)42-26(13-8-16-40-36(38)39)32(49)44-28(35(52)53)18-22-19-41-25-12-7-6-11-23(22)25/h3-7,9-12,19-20,24,26-28,30,41H,8,13-18,37H2,1-2H3,(H,42,50)(H,43,51)(H,44,49)(H,45,48)(H,46,47)(H,52,53)(H4,38,39,40)/t24-,26-,27-,28-,30-/m0/s1. The Kier molecular flexibility index (Phi) is 15.8. The quantitative estimate of drug-likeness (QED) is 0.0391. The van der Waals surface area contributed by atoms with Gasteiger partial charge in [0, 0.05) is 36.5 Å². The normalized spacial score (nSPS) is 13.9. The molecule has 0 aliphatic heterocycles. The van der Waals surface area contributed by atoms with E-state index in [-0.39, 0.29) is 44.6 Å². The van der Waals surface area contributed by atoms with E-state index in [1.165, 1.54) is 0 Å². The fourth-order valence-electron chi connectivity index (χ4n) is 5.59. The summed E-state index contributed by atoms with van der Waals surface area (Å²) >= 11 is 0. The van der Waals surface area contributed by atoms with Crippen LogP contribution in [0.5, 0.6) is 0 Å². The molecule has 0 aliphatic carbocycles. The fraction of sp³-hybridized carbons (Fsp3) is 0.417. The number of nitrogens with zero attached hydrogens (tertiary/aromatic N) is 1. The van der Waals surface area contributed by atoms with Gasteiger partial charge in [0.05, 0.1) is 6.04 Å². The van der Waals surface area contributed by atoms with Crippen LogP contribution in [-0.2, 0) is 41.6 Å². The Labute approximate surface area is 306 Å². The maximum absolute atomic E-state index is 13.7. The number of fused-ring (bicyclic) bond motifs is 1. The van der Waals surface area contributed by atoms with E-state index in [2.05, 4.69) is 31.2 Å². The van der Waals surface area contributed by atoms with Gasteiger partial charge in [-0.1, -0.05) is 62.4 Å². The lowest BCUT2D eigenvalue weighted by atomic mass is 10.00. The van der Waals surface area contributed by atoms with Crippen molar-refractivity contribution in [3.8, 4) is 0 Å². The summed E-state index contributed by atoms with van der Waals surface area (Å²) < 4.78 is 0. The lowest BCUT2D eigenvalue weighted by molar-refractivity contribution is -0.142. The van der Waals surface area contributed by atoms with Crippen molar-refractivity contribution >= 4 is 52.4 Å². The monoisotopic (exact) mass is 735 g/mol. The number of aromatic amines is 1. The first-order valence-electron chi connectivity index (χ1n) is 17.2. The summed E-state index contributed by atoms with van der Waals surface area (Å²) in [6, 6.07) is 10.0. The van der Waals surface area contributed by atoms with Crippen molar-refractivity contribution in [1.82, 2.24) is 26.3 Å². The van der Waals surface area contributed by atoms with Crippen LogP contribution in [0.3, 0.4) is 0 Å². The smallest absolute Gasteiger partial charge is 0.326 e. The van der Waals surface area contributed by atoms with E-state index in [0.29, 0.717) is 5.56 Å². The first-order valence-corrected chi connectivity index (χ1v) is 17.2. The molecule has 17 heteroatoms. The predicted octanol–water partition coefficient (Wildman–Crippen LogP) is -0.121. The Morgan fingerprint density at radius 1 is 0.755 bits per heavy atom. The number of aliphatic imine (C=N–C) groups is 1. The summed E-state index contributed by atoms with van der Waals surface area (Å²) in [5.74, 6) is -6.33. The highest BCUT2D eigenvalue weighted by atomic mass is 16.4. The minimum absolute atomic E-state index is 0.0443. The fourth-order valence-corrected chi connectivity index (χ4v) is 5.59. The Hall–Kier alpha value is -5.97. The lowest BCUT2D eigenvalue weighted by Gasteiger charge is -2.27. The van der Waals surface area contributed by atoms with E-state index in [1.54, 1.807) is 38.2 Å². The maximum Gasteiger partial charge on any atom is 0.326 e. The molecule has 4 amide bonds. The third kappa shape index (κ3) is 13.3. The molecule has 1 heterocycles. The van der Waals surface area contributed by atoms with Gasteiger partial charge in [0.15, 0.2) is 5.96 Å². The second-order valence-corrected chi connectivity index (χ2v) is 13.0. The molecule has 13 N–H and O–H groups in total. The molecule has 3 aromatic rings. The number of carbonyl (C=O) groups excluding carboxylic acids is 4. The van der Waals surface area contributed by atoms with Crippen molar-refractivity contribution in [2.75, 3.05) is 6.54 Å². The average Bonchev–Trinajstić information content (AvgIpc) is 3.52. The molecule has 0 bridgehead atoms. The Balaban J connectivity index is 1.78. The number of guanidine groups is 1. The van der Waals surface area contributed by atoms with E-state index in [0.717, 1.165) is 16.5 Å². The van der Waals surface area contributed by atoms with E-state index in [1.807, 2.05) is 36.4 Å². The molecule has 286 valence electrons. The van der Waals surface area contributed by atoms with Crippen LogP contribution < -0.4 is 38.5 Å². The van der Waals surface area contributed by atoms with Crippen molar-refractivity contribution in [2.45, 2.75) is 82.6 Å². The maximum atomic E-state index is 13.7. The second kappa shape index (κ2) is 20.2. The molecule has 3 rings (SSSR count). The van der Waals surface area contributed by atoms with Crippen molar-refractivity contribution in [2.24, 2.45) is 28.1 Å². The van der Waals surface area contributed by atoms with E-state index in [9.17, 15) is 39.0 Å². The van der Waals surface area contributed by atoms with Crippen LogP contribution in [0.2, 0.25) is 0 Å².